The second-order valence-corrected chi connectivity index (χ2v) is 16.1. The van der Waals surface area contributed by atoms with Crippen LogP contribution >= 0.6 is 11.6 Å². The molecule has 0 aliphatic heterocycles. The molecule has 0 aliphatic carbocycles. The standard InChI is InChI=1S/C15H33ClN2O3Si2/c1-6-14(19)17-9-7-11-22(2,3)21-23(4,5)12-8-10-18-15(20)13-16/h6-13H2,1-5H3,(H,17,19)(H,18,20). The van der Waals surface area contributed by atoms with Crippen LogP contribution in [0.5, 0.6) is 0 Å². The van der Waals surface area contributed by atoms with E-state index in [2.05, 4.69) is 36.8 Å². The minimum Gasteiger partial charge on any atom is -0.455 e. The summed E-state index contributed by atoms with van der Waals surface area (Å²) in [5, 5.41) is 5.71. The lowest BCUT2D eigenvalue weighted by atomic mass is 10.4. The van der Waals surface area contributed by atoms with Crippen LogP contribution in [0, 0.1) is 0 Å². The lowest BCUT2D eigenvalue weighted by molar-refractivity contribution is -0.121. The molecule has 0 unspecified atom stereocenters. The smallest absolute Gasteiger partial charge is 0.234 e. The highest BCUT2D eigenvalue weighted by molar-refractivity contribution is 6.84. The summed E-state index contributed by atoms with van der Waals surface area (Å²) < 4.78 is 6.52. The molecule has 5 nitrogen and oxygen atoms in total. The molecule has 0 aliphatic rings. The van der Waals surface area contributed by atoms with Crippen LogP contribution in [0.1, 0.15) is 26.2 Å². The minimum absolute atomic E-state index is 0.0197. The van der Waals surface area contributed by atoms with Crippen LogP contribution in [-0.2, 0) is 13.7 Å². The Morgan fingerprint density at radius 3 is 1.74 bits per heavy atom. The zero-order valence-corrected chi connectivity index (χ0v) is 18.0. The second kappa shape index (κ2) is 11.2. The van der Waals surface area contributed by atoms with Gasteiger partial charge in [0.15, 0.2) is 16.6 Å². The molecule has 0 aromatic carbocycles. The molecule has 0 rings (SSSR count). The van der Waals surface area contributed by atoms with E-state index in [1.807, 2.05) is 6.92 Å². The number of alkyl halides is 1. The quantitative estimate of drug-likeness (QED) is 0.310. The van der Waals surface area contributed by atoms with Gasteiger partial charge in [0, 0.05) is 19.5 Å². The molecule has 2 amide bonds. The highest BCUT2D eigenvalue weighted by Gasteiger charge is 2.32. The zero-order valence-electron chi connectivity index (χ0n) is 15.3. The van der Waals surface area contributed by atoms with Crippen molar-refractivity contribution in [3.05, 3.63) is 0 Å². The topological polar surface area (TPSA) is 67.4 Å². The lowest BCUT2D eigenvalue weighted by Gasteiger charge is -2.34. The molecule has 0 fully saturated rings. The van der Waals surface area contributed by atoms with Crippen molar-refractivity contribution in [2.75, 3.05) is 19.0 Å². The van der Waals surface area contributed by atoms with Crippen molar-refractivity contribution in [3.63, 3.8) is 0 Å². The number of halogens is 1. The Balaban J connectivity index is 4.03. The molecule has 0 aromatic heterocycles. The fourth-order valence-electron chi connectivity index (χ4n) is 2.51. The maximum absolute atomic E-state index is 11.2. The van der Waals surface area contributed by atoms with Crippen molar-refractivity contribution in [1.82, 2.24) is 10.6 Å². The van der Waals surface area contributed by atoms with Gasteiger partial charge >= 0.3 is 0 Å². The van der Waals surface area contributed by atoms with E-state index in [0.29, 0.717) is 13.0 Å². The van der Waals surface area contributed by atoms with Crippen LogP contribution in [0.2, 0.25) is 38.3 Å². The summed E-state index contributed by atoms with van der Waals surface area (Å²) in [6, 6.07) is 2.08. The van der Waals surface area contributed by atoms with Crippen LogP contribution < -0.4 is 10.6 Å². The van der Waals surface area contributed by atoms with Gasteiger partial charge in [-0.2, -0.15) is 0 Å². The van der Waals surface area contributed by atoms with Gasteiger partial charge < -0.3 is 14.7 Å². The van der Waals surface area contributed by atoms with Crippen molar-refractivity contribution in [1.29, 1.82) is 0 Å². The molecule has 0 atom stereocenters. The van der Waals surface area contributed by atoms with Crippen molar-refractivity contribution in [3.8, 4) is 0 Å². The Labute approximate surface area is 148 Å². The van der Waals surface area contributed by atoms with E-state index in [0.717, 1.165) is 31.5 Å². The summed E-state index contributed by atoms with van der Waals surface area (Å²) >= 11 is 5.45. The van der Waals surface area contributed by atoms with E-state index in [9.17, 15) is 9.59 Å². The lowest BCUT2D eigenvalue weighted by Crippen LogP contribution is -2.45. The average Bonchev–Trinajstić information content (AvgIpc) is 2.46. The fourth-order valence-corrected chi connectivity index (χ4v) is 11.5. The molecule has 2 N–H and O–H groups in total. The first kappa shape index (κ1) is 22.6. The summed E-state index contributed by atoms with van der Waals surface area (Å²) in [4.78, 5) is 22.3. The molecule has 136 valence electrons. The zero-order chi connectivity index (χ0) is 17.9. The highest BCUT2D eigenvalue weighted by atomic mass is 35.5. The molecule has 0 saturated carbocycles. The van der Waals surface area contributed by atoms with Gasteiger partial charge in [0.2, 0.25) is 11.8 Å². The van der Waals surface area contributed by atoms with E-state index < -0.39 is 16.6 Å². The van der Waals surface area contributed by atoms with Gasteiger partial charge in [0.25, 0.3) is 0 Å². The van der Waals surface area contributed by atoms with Gasteiger partial charge in [-0.3, -0.25) is 9.59 Å². The summed E-state index contributed by atoms with van der Waals surface area (Å²) in [7, 11) is -3.43. The van der Waals surface area contributed by atoms with Crippen LogP contribution in [0.25, 0.3) is 0 Å². The molecule has 0 spiro atoms. The first-order chi connectivity index (χ1) is 10.6. The Hall–Kier alpha value is -0.376. The van der Waals surface area contributed by atoms with E-state index in [4.69, 9.17) is 15.7 Å². The van der Waals surface area contributed by atoms with Gasteiger partial charge in [-0.1, -0.05) is 6.92 Å². The summed E-state index contributed by atoms with van der Waals surface area (Å²) in [5.74, 6) is 0.0150. The molecular formula is C15H33ClN2O3Si2. The first-order valence-corrected chi connectivity index (χ1v) is 15.2. The number of nitrogens with one attached hydrogen (secondary N) is 2. The van der Waals surface area contributed by atoms with Gasteiger partial charge in [0.05, 0.1) is 0 Å². The molecule has 0 bridgehead atoms. The predicted octanol–water partition coefficient (Wildman–Crippen LogP) is 3.07. The molecular weight excluding hydrogens is 348 g/mol. The number of hydrogen-bond donors (Lipinski definition) is 2. The fraction of sp³-hybridized carbons (Fsp3) is 0.867. The van der Waals surface area contributed by atoms with Gasteiger partial charge in [-0.05, 0) is 51.1 Å². The van der Waals surface area contributed by atoms with Crippen molar-refractivity contribution < 1.29 is 13.7 Å². The van der Waals surface area contributed by atoms with Crippen LogP contribution in [0.15, 0.2) is 0 Å². The Morgan fingerprint density at radius 1 is 0.913 bits per heavy atom. The summed E-state index contributed by atoms with van der Waals surface area (Å²) in [6.45, 7) is 12.2. The van der Waals surface area contributed by atoms with Crippen LogP contribution in [0.4, 0.5) is 0 Å². The third kappa shape index (κ3) is 12.7. The Morgan fingerprint density at radius 2 is 1.35 bits per heavy atom. The van der Waals surface area contributed by atoms with Crippen molar-refractivity contribution in [2.24, 2.45) is 0 Å². The highest BCUT2D eigenvalue weighted by Crippen LogP contribution is 2.23. The first-order valence-electron chi connectivity index (χ1n) is 8.41. The third-order valence-corrected chi connectivity index (χ3v) is 11.3. The van der Waals surface area contributed by atoms with E-state index >= 15 is 0 Å². The summed E-state index contributed by atoms with van der Waals surface area (Å²) in [6.07, 6.45) is 2.44. The number of rotatable bonds is 12. The monoisotopic (exact) mass is 380 g/mol. The normalized spacial score (nSPS) is 12.1. The van der Waals surface area contributed by atoms with Crippen LogP contribution in [0.3, 0.4) is 0 Å². The van der Waals surface area contributed by atoms with Gasteiger partial charge in [0.1, 0.15) is 5.88 Å². The van der Waals surface area contributed by atoms with E-state index in [1.165, 1.54) is 0 Å². The molecule has 0 radical (unpaired) electrons. The number of carbonyl (C=O) groups is 2. The maximum Gasteiger partial charge on any atom is 0.234 e. The van der Waals surface area contributed by atoms with Gasteiger partial charge in [-0.25, -0.2) is 0 Å². The van der Waals surface area contributed by atoms with Crippen molar-refractivity contribution in [2.45, 2.75) is 64.5 Å². The van der Waals surface area contributed by atoms with Gasteiger partial charge in [-0.15, -0.1) is 11.6 Å². The average molecular weight is 381 g/mol. The Kier molecular flexibility index (Phi) is 11.0. The minimum atomic E-state index is -1.72. The summed E-state index contributed by atoms with van der Waals surface area (Å²) in [5.41, 5.74) is 0. The molecule has 23 heavy (non-hydrogen) atoms. The van der Waals surface area contributed by atoms with Crippen LogP contribution in [-0.4, -0.2) is 47.4 Å². The largest absolute Gasteiger partial charge is 0.455 e. The number of hydrogen-bond acceptors (Lipinski definition) is 3. The maximum atomic E-state index is 11.2. The third-order valence-electron chi connectivity index (χ3n) is 3.55. The predicted molar refractivity (Wildman–Crippen MR) is 102 cm³/mol. The van der Waals surface area contributed by atoms with E-state index in [1.54, 1.807) is 0 Å². The van der Waals surface area contributed by atoms with E-state index in [-0.39, 0.29) is 17.7 Å². The molecule has 8 heteroatoms. The number of carbonyl (C=O) groups excluding carboxylic acids is 2. The Bertz CT molecular complexity index is 346. The number of amides is 2. The molecule has 0 saturated heterocycles. The molecule has 0 heterocycles. The second-order valence-electron chi connectivity index (χ2n) is 7.02. The SMILES string of the molecule is CCC(=O)NCCC[Si](C)(C)O[Si](C)(C)CCCNC(=O)CCl. The van der Waals surface area contributed by atoms with Crippen molar-refractivity contribution >= 4 is 40.1 Å². The molecule has 0 aromatic rings.